The minimum atomic E-state index is -2.67. The number of amides is 2. The molecule has 2 amide bonds. The number of benzene rings is 1. The molecular weight excluding hydrogens is 350 g/mol. The van der Waals surface area contributed by atoms with E-state index in [2.05, 4.69) is 26.0 Å². The number of halogens is 3. The van der Waals surface area contributed by atoms with Crippen molar-refractivity contribution in [2.75, 3.05) is 12.4 Å². The van der Waals surface area contributed by atoms with Gasteiger partial charge in [0, 0.05) is 24.8 Å². The van der Waals surface area contributed by atoms with Crippen LogP contribution in [-0.2, 0) is 9.53 Å². The first kappa shape index (κ1) is 17.5. The lowest BCUT2D eigenvalue weighted by Crippen LogP contribution is -2.31. The molecule has 0 aliphatic rings. The van der Waals surface area contributed by atoms with Crippen molar-refractivity contribution in [3.63, 3.8) is 0 Å². The van der Waals surface area contributed by atoms with Gasteiger partial charge in [-0.15, -0.1) is 0 Å². The molecule has 0 aliphatic carbocycles. The van der Waals surface area contributed by atoms with Gasteiger partial charge in [0.2, 0.25) is 11.8 Å². The molecule has 2 atom stereocenters. The fraction of sp³-hybridized carbons (Fsp3) is 0.385. The number of carbonyl (C=O) groups is 2. The van der Waals surface area contributed by atoms with Crippen molar-refractivity contribution in [3.05, 3.63) is 29.8 Å². The third-order valence-corrected chi connectivity index (χ3v) is 3.53. The van der Waals surface area contributed by atoms with E-state index in [0.29, 0.717) is 11.3 Å². The van der Waals surface area contributed by atoms with Gasteiger partial charge >= 0.3 is 0 Å². The van der Waals surface area contributed by atoms with E-state index in [4.69, 9.17) is 5.73 Å². The molecule has 21 heavy (non-hydrogen) atoms. The number of methoxy groups -OCH3 is 1. The molecule has 0 bridgehead atoms. The van der Waals surface area contributed by atoms with Crippen molar-refractivity contribution in [2.45, 2.75) is 23.8 Å². The summed E-state index contributed by atoms with van der Waals surface area (Å²) in [4.78, 5) is 21.9. The van der Waals surface area contributed by atoms with E-state index in [9.17, 15) is 18.4 Å². The van der Waals surface area contributed by atoms with Gasteiger partial charge in [-0.1, -0.05) is 15.9 Å². The second-order valence-electron chi connectivity index (χ2n) is 4.24. The molecular formula is C13H15BrF2N2O3. The predicted octanol–water partition coefficient (Wildman–Crippen LogP) is 2.16. The molecule has 1 unspecified atom stereocenters. The van der Waals surface area contributed by atoms with Crippen LogP contribution in [0.1, 0.15) is 16.8 Å². The van der Waals surface area contributed by atoms with Crippen molar-refractivity contribution < 1.29 is 23.1 Å². The van der Waals surface area contributed by atoms with E-state index >= 15 is 0 Å². The minimum Gasteiger partial charge on any atom is -0.375 e. The molecule has 1 aromatic carbocycles. The first-order valence-electron chi connectivity index (χ1n) is 6.01. The Morgan fingerprint density at radius 1 is 1.33 bits per heavy atom. The van der Waals surface area contributed by atoms with E-state index in [1.165, 1.54) is 24.3 Å². The summed E-state index contributed by atoms with van der Waals surface area (Å²) in [5.74, 6) is -1.06. The molecule has 116 valence electrons. The maximum Gasteiger partial charge on any atom is 0.264 e. The maximum atomic E-state index is 12.5. The Kier molecular flexibility index (Phi) is 6.70. The molecule has 0 heterocycles. The number of carbonyl (C=O) groups excluding carboxylic acids is 2. The minimum absolute atomic E-state index is 0.167. The summed E-state index contributed by atoms with van der Waals surface area (Å²) < 4.78 is 29.7. The molecule has 0 aliphatic heterocycles. The number of primary amides is 1. The Balaban J connectivity index is 2.61. The number of hydrogen-bond acceptors (Lipinski definition) is 3. The van der Waals surface area contributed by atoms with Gasteiger partial charge in [-0.2, -0.15) is 0 Å². The normalized spacial score (nSPS) is 13.8. The number of alkyl halides is 3. The van der Waals surface area contributed by atoms with E-state index in [1.807, 2.05) is 0 Å². The van der Waals surface area contributed by atoms with Crippen molar-refractivity contribution in [2.24, 2.45) is 5.73 Å². The van der Waals surface area contributed by atoms with Crippen LogP contribution in [0.25, 0.3) is 0 Å². The van der Waals surface area contributed by atoms with Crippen LogP contribution in [-0.4, -0.2) is 36.3 Å². The standard InChI is InChI=1S/C13H15BrF2N2O3/c1-21-10(11(15)16)6-9(14)13(20)18-8-4-2-7(3-5-8)12(17)19/h2-5,9-11H,6H2,1H3,(H2,17,19)(H,18,20)/t9-,10?/m1/s1. The van der Waals surface area contributed by atoms with E-state index in [-0.39, 0.29) is 6.42 Å². The second-order valence-corrected chi connectivity index (χ2v) is 5.35. The highest BCUT2D eigenvalue weighted by molar-refractivity contribution is 9.10. The zero-order valence-electron chi connectivity index (χ0n) is 11.2. The van der Waals surface area contributed by atoms with Gasteiger partial charge in [0.15, 0.2) is 0 Å². The highest BCUT2D eigenvalue weighted by Gasteiger charge is 2.26. The van der Waals surface area contributed by atoms with Crippen LogP contribution >= 0.6 is 15.9 Å². The summed E-state index contributed by atoms with van der Waals surface area (Å²) in [5, 5.41) is 2.54. The highest BCUT2D eigenvalue weighted by Crippen LogP contribution is 2.18. The first-order valence-corrected chi connectivity index (χ1v) is 6.92. The van der Waals surface area contributed by atoms with Gasteiger partial charge in [0.25, 0.3) is 6.43 Å². The molecule has 0 saturated heterocycles. The summed E-state index contributed by atoms with van der Waals surface area (Å²) in [6.45, 7) is 0. The third-order valence-electron chi connectivity index (χ3n) is 2.74. The third kappa shape index (κ3) is 5.39. The number of nitrogens with one attached hydrogen (secondary N) is 1. The van der Waals surface area contributed by atoms with Crippen molar-refractivity contribution in [1.29, 1.82) is 0 Å². The Bertz CT molecular complexity index is 497. The summed E-state index contributed by atoms with van der Waals surface area (Å²) in [5.41, 5.74) is 5.83. The molecule has 1 aromatic rings. The molecule has 0 radical (unpaired) electrons. The van der Waals surface area contributed by atoms with E-state index in [1.54, 1.807) is 0 Å². The van der Waals surface area contributed by atoms with Gasteiger partial charge in [0.1, 0.15) is 6.10 Å². The van der Waals surface area contributed by atoms with Gasteiger partial charge in [0.05, 0.1) is 4.83 Å². The monoisotopic (exact) mass is 364 g/mol. The number of ether oxygens (including phenoxy) is 1. The smallest absolute Gasteiger partial charge is 0.264 e. The van der Waals surface area contributed by atoms with Gasteiger partial charge in [-0.3, -0.25) is 9.59 Å². The molecule has 3 N–H and O–H groups in total. The Morgan fingerprint density at radius 3 is 2.33 bits per heavy atom. The predicted molar refractivity (Wildman–Crippen MR) is 77.7 cm³/mol. The Morgan fingerprint density at radius 2 is 1.90 bits per heavy atom. The SMILES string of the molecule is COC(C[C@@H](Br)C(=O)Nc1ccc(C(N)=O)cc1)C(F)F. The van der Waals surface area contributed by atoms with Crippen molar-refractivity contribution in [3.8, 4) is 0 Å². The van der Waals surface area contributed by atoms with Crippen LogP contribution in [0.3, 0.4) is 0 Å². The lowest BCUT2D eigenvalue weighted by atomic mass is 10.1. The topological polar surface area (TPSA) is 81.4 Å². The molecule has 1 rings (SSSR count). The van der Waals surface area contributed by atoms with Crippen molar-refractivity contribution >= 4 is 33.4 Å². The quantitative estimate of drug-likeness (QED) is 0.727. The molecule has 0 fully saturated rings. The summed E-state index contributed by atoms with van der Waals surface area (Å²) >= 11 is 3.05. The molecule has 0 saturated carbocycles. The van der Waals surface area contributed by atoms with Crippen LogP contribution in [0.5, 0.6) is 0 Å². The first-order chi connectivity index (χ1) is 9.85. The van der Waals surface area contributed by atoms with Gasteiger partial charge in [-0.25, -0.2) is 8.78 Å². The maximum absolute atomic E-state index is 12.5. The summed E-state index contributed by atoms with van der Waals surface area (Å²) in [6.07, 6.45) is -4.16. The van der Waals surface area contributed by atoms with Gasteiger partial charge < -0.3 is 15.8 Å². The van der Waals surface area contributed by atoms with Crippen LogP contribution in [0.15, 0.2) is 24.3 Å². The van der Waals surface area contributed by atoms with Crippen LogP contribution in [0.2, 0.25) is 0 Å². The molecule has 0 aromatic heterocycles. The van der Waals surface area contributed by atoms with Crippen LogP contribution in [0, 0.1) is 0 Å². The fourth-order valence-electron chi connectivity index (χ4n) is 1.55. The Labute approximate surface area is 129 Å². The number of rotatable bonds is 7. The lowest BCUT2D eigenvalue weighted by Gasteiger charge is -2.17. The largest absolute Gasteiger partial charge is 0.375 e. The Hall–Kier alpha value is -1.54. The zero-order chi connectivity index (χ0) is 16.0. The lowest BCUT2D eigenvalue weighted by molar-refractivity contribution is -0.116. The number of hydrogen-bond donors (Lipinski definition) is 2. The highest BCUT2D eigenvalue weighted by atomic mass is 79.9. The molecule has 0 spiro atoms. The average molecular weight is 365 g/mol. The van der Waals surface area contributed by atoms with Crippen LogP contribution < -0.4 is 11.1 Å². The average Bonchev–Trinajstić information content (AvgIpc) is 2.44. The second kappa shape index (κ2) is 8.04. The molecule has 8 heteroatoms. The summed E-state index contributed by atoms with van der Waals surface area (Å²) in [7, 11) is 1.16. The van der Waals surface area contributed by atoms with Crippen LogP contribution in [0.4, 0.5) is 14.5 Å². The van der Waals surface area contributed by atoms with E-state index < -0.39 is 29.2 Å². The molecule has 5 nitrogen and oxygen atoms in total. The fourth-order valence-corrected chi connectivity index (χ4v) is 2.03. The number of anilines is 1. The summed E-state index contributed by atoms with van der Waals surface area (Å²) in [6, 6.07) is 5.91. The van der Waals surface area contributed by atoms with E-state index in [0.717, 1.165) is 7.11 Å². The van der Waals surface area contributed by atoms with Gasteiger partial charge in [-0.05, 0) is 24.3 Å². The van der Waals surface area contributed by atoms with Crippen molar-refractivity contribution in [1.82, 2.24) is 0 Å². The number of nitrogens with two attached hydrogens (primary N) is 1. The zero-order valence-corrected chi connectivity index (χ0v) is 12.8.